The lowest BCUT2D eigenvalue weighted by Gasteiger charge is -2.13. The zero-order valence-corrected chi connectivity index (χ0v) is 13.8. The third-order valence-electron chi connectivity index (χ3n) is 3.91. The van der Waals surface area contributed by atoms with Crippen LogP contribution in [0.4, 0.5) is 4.79 Å². The molecule has 3 rings (SSSR count). The summed E-state index contributed by atoms with van der Waals surface area (Å²) < 4.78 is 5.01. The zero-order valence-electron chi connectivity index (χ0n) is 13.8. The summed E-state index contributed by atoms with van der Waals surface area (Å²) in [6.07, 6.45) is 0. The molecule has 0 saturated carbocycles. The van der Waals surface area contributed by atoms with Crippen molar-refractivity contribution < 1.29 is 23.9 Å². The van der Waals surface area contributed by atoms with Crippen LogP contribution in [-0.2, 0) is 9.53 Å². The number of nitrogens with zero attached hydrogens (tertiary/aromatic N) is 1. The number of benzene rings is 2. The Morgan fingerprint density at radius 3 is 2.27 bits per heavy atom. The largest absolute Gasteiger partial charge is 0.452 e. The molecule has 3 amide bonds. The van der Waals surface area contributed by atoms with Crippen molar-refractivity contribution in [2.24, 2.45) is 0 Å². The molecule has 2 aromatic carbocycles. The number of hydrogen-bond donors (Lipinski definition) is 1. The molecule has 1 aliphatic heterocycles. The van der Waals surface area contributed by atoms with E-state index in [0.717, 1.165) is 4.90 Å². The van der Waals surface area contributed by atoms with E-state index in [2.05, 4.69) is 5.32 Å². The van der Waals surface area contributed by atoms with Crippen molar-refractivity contribution in [1.82, 2.24) is 10.2 Å². The minimum absolute atomic E-state index is 0.0695. The molecule has 26 heavy (non-hydrogen) atoms. The summed E-state index contributed by atoms with van der Waals surface area (Å²) in [6.45, 7) is 0.0331. The molecule has 0 atom stereocenters. The SMILES string of the molecule is O=C(OCC(=O)N1CCNC1=O)c1ccccc1C(=O)c1ccccc1. The molecule has 0 spiro atoms. The number of esters is 1. The lowest BCUT2D eigenvalue weighted by atomic mass is 9.98. The maximum atomic E-state index is 12.6. The van der Waals surface area contributed by atoms with Crippen molar-refractivity contribution in [3.63, 3.8) is 0 Å². The van der Waals surface area contributed by atoms with Gasteiger partial charge in [0.2, 0.25) is 0 Å². The summed E-state index contributed by atoms with van der Waals surface area (Å²) in [7, 11) is 0. The lowest BCUT2D eigenvalue weighted by molar-refractivity contribution is -0.130. The van der Waals surface area contributed by atoms with Crippen molar-refractivity contribution in [1.29, 1.82) is 0 Å². The molecule has 0 aromatic heterocycles. The fourth-order valence-electron chi connectivity index (χ4n) is 2.60. The molecular weight excluding hydrogens is 336 g/mol. The first kappa shape index (κ1) is 17.3. The third kappa shape index (κ3) is 3.61. The topological polar surface area (TPSA) is 92.8 Å². The van der Waals surface area contributed by atoms with E-state index in [1.165, 1.54) is 12.1 Å². The average Bonchev–Trinajstić information content (AvgIpc) is 3.12. The number of ketones is 1. The molecule has 1 fully saturated rings. The molecule has 0 unspecified atom stereocenters. The van der Waals surface area contributed by atoms with E-state index in [0.29, 0.717) is 12.1 Å². The molecule has 132 valence electrons. The fourth-order valence-corrected chi connectivity index (χ4v) is 2.60. The van der Waals surface area contributed by atoms with Gasteiger partial charge < -0.3 is 10.1 Å². The van der Waals surface area contributed by atoms with Gasteiger partial charge in [0, 0.05) is 24.2 Å². The second kappa shape index (κ2) is 7.60. The third-order valence-corrected chi connectivity index (χ3v) is 3.91. The molecule has 0 bridgehead atoms. The number of nitrogens with one attached hydrogen (secondary N) is 1. The summed E-state index contributed by atoms with van der Waals surface area (Å²) in [6, 6.07) is 14.3. The van der Waals surface area contributed by atoms with E-state index < -0.39 is 24.5 Å². The monoisotopic (exact) mass is 352 g/mol. The number of urea groups is 1. The van der Waals surface area contributed by atoms with E-state index in [-0.39, 0.29) is 23.5 Å². The minimum Gasteiger partial charge on any atom is -0.452 e. The van der Waals surface area contributed by atoms with Gasteiger partial charge >= 0.3 is 12.0 Å². The van der Waals surface area contributed by atoms with Crippen molar-refractivity contribution in [3.05, 3.63) is 71.3 Å². The molecular formula is C19H16N2O5. The predicted molar refractivity (Wildman–Crippen MR) is 91.7 cm³/mol. The normalized spacial score (nSPS) is 13.2. The van der Waals surface area contributed by atoms with Gasteiger partial charge in [0.25, 0.3) is 5.91 Å². The summed E-state index contributed by atoms with van der Waals surface area (Å²) in [4.78, 5) is 49.4. The Hall–Kier alpha value is -3.48. The summed E-state index contributed by atoms with van der Waals surface area (Å²) in [5.41, 5.74) is 0.702. The number of carbonyl (C=O) groups is 4. The Labute approximate surface area is 149 Å². The second-order valence-corrected chi connectivity index (χ2v) is 5.59. The van der Waals surface area contributed by atoms with Crippen molar-refractivity contribution in [2.75, 3.05) is 19.7 Å². The lowest BCUT2D eigenvalue weighted by Crippen LogP contribution is -2.37. The highest BCUT2D eigenvalue weighted by molar-refractivity contribution is 6.14. The highest BCUT2D eigenvalue weighted by atomic mass is 16.5. The summed E-state index contributed by atoms with van der Waals surface area (Å²) >= 11 is 0. The number of imide groups is 1. The zero-order chi connectivity index (χ0) is 18.5. The first-order valence-corrected chi connectivity index (χ1v) is 8.02. The van der Waals surface area contributed by atoms with Crippen LogP contribution < -0.4 is 5.32 Å². The molecule has 7 nitrogen and oxygen atoms in total. The number of carbonyl (C=O) groups excluding carboxylic acids is 4. The smallest absolute Gasteiger partial charge is 0.339 e. The Kier molecular flexibility index (Phi) is 5.07. The Balaban J connectivity index is 1.73. The molecule has 1 aliphatic rings. The van der Waals surface area contributed by atoms with Gasteiger partial charge in [-0.05, 0) is 6.07 Å². The molecule has 1 saturated heterocycles. The van der Waals surface area contributed by atoms with Gasteiger partial charge in [-0.1, -0.05) is 48.5 Å². The van der Waals surface area contributed by atoms with Crippen LogP contribution in [0.5, 0.6) is 0 Å². The maximum Gasteiger partial charge on any atom is 0.339 e. The van der Waals surface area contributed by atoms with E-state index in [1.807, 2.05) is 0 Å². The Bertz CT molecular complexity index is 863. The van der Waals surface area contributed by atoms with Crippen LogP contribution in [-0.4, -0.2) is 48.3 Å². The van der Waals surface area contributed by atoms with Crippen LogP contribution in [0.2, 0.25) is 0 Å². The van der Waals surface area contributed by atoms with Gasteiger partial charge in [0.1, 0.15) is 0 Å². The molecule has 2 aromatic rings. The van der Waals surface area contributed by atoms with Crippen molar-refractivity contribution in [3.8, 4) is 0 Å². The Morgan fingerprint density at radius 1 is 0.962 bits per heavy atom. The van der Waals surface area contributed by atoms with Crippen LogP contribution in [0.25, 0.3) is 0 Å². The fraction of sp³-hybridized carbons (Fsp3) is 0.158. The van der Waals surface area contributed by atoms with Crippen LogP contribution in [0.15, 0.2) is 54.6 Å². The highest BCUT2D eigenvalue weighted by Crippen LogP contribution is 2.16. The Morgan fingerprint density at radius 2 is 1.62 bits per heavy atom. The predicted octanol–water partition coefficient (Wildman–Crippen LogP) is 1.63. The van der Waals surface area contributed by atoms with E-state index in [4.69, 9.17) is 4.74 Å². The quantitative estimate of drug-likeness (QED) is 0.652. The van der Waals surface area contributed by atoms with E-state index in [1.54, 1.807) is 42.5 Å². The van der Waals surface area contributed by atoms with Gasteiger partial charge in [-0.3, -0.25) is 14.5 Å². The first-order valence-electron chi connectivity index (χ1n) is 8.02. The number of amides is 3. The summed E-state index contributed by atoms with van der Waals surface area (Å²) in [5, 5.41) is 2.49. The maximum absolute atomic E-state index is 12.6. The van der Waals surface area contributed by atoms with E-state index >= 15 is 0 Å². The number of rotatable bonds is 5. The van der Waals surface area contributed by atoms with Gasteiger partial charge in [-0.15, -0.1) is 0 Å². The molecule has 0 aliphatic carbocycles. The average molecular weight is 352 g/mol. The van der Waals surface area contributed by atoms with E-state index in [9.17, 15) is 19.2 Å². The first-order chi connectivity index (χ1) is 12.6. The van der Waals surface area contributed by atoms with Gasteiger partial charge in [-0.25, -0.2) is 9.59 Å². The molecule has 1 N–H and O–H groups in total. The second-order valence-electron chi connectivity index (χ2n) is 5.59. The highest BCUT2D eigenvalue weighted by Gasteiger charge is 2.27. The van der Waals surface area contributed by atoms with Gasteiger partial charge in [0.15, 0.2) is 12.4 Å². The van der Waals surface area contributed by atoms with Gasteiger partial charge in [-0.2, -0.15) is 0 Å². The summed E-state index contributed by atoms with van der Waals surface area (Å²) in [5.74, 6) is -1.72. The molecule has 1 heterocycles. The minimum atomic E-state index is -0.794. The van der Waals surface area contributed by atoms with Crippen LogP contribution >= 0.6 is 0 Å². The molecule has 0 radical (unpaired) electrons. The van der Waals surface area contributed by atoms with Crippen LogP contribution in [0.3, 0.4) is 0 Å². The number of ether oxygens (including phenoxy) is 1. The van der Waals surface area contributed by atoms with Crippen molar-refractivity contribution >= 4 is 23.7 Å². The van der Waals surface area contributed by atoms with Crippen LogP contribution in [0.1, 0.15) is 26.3 Å². The van der Waals surface area contributed by atoms with Crippen molar-refractivity contribution in [2.45, 2.75) is 0 Å². The number of hydrogen-bond acceptors (Lipinski definition) is 5. The van der Waals surface area contributed by atoms with Gasteiger partial charge in [0.05, 0.1) is 5.56 Å². The van der Waals surface area contributed by atoms with Crippen LogP contribution in [0, 0.1) is 0 Å². The standard InChI is InChI=1S/C19H16N2O5/c22-16(21-11-10-20-19(21)25)12-26-18(24)15-9-5-4-8-14(15)17(23)13-6-2-1-3-7-13/h1-9H,10-12H2,(H,20,25). The molecule has 7 heteroatoms.